The standard InChI is InChI=1S/C15H26N4O2/c1-4-5-6-19(7-8-20)15(21)12-9-13(11(2)3)17-14(10-12)18-16/h9-11,20H,4-8,16H2,1-3H3,(H,17,18). The third kappa shape index (κ3) is 4.99. The van der Waals surface area contributed by atoms with E-state index in [0.29, 0.717) is 24.5 Å². The zero-order valence-electron chi connectivity index (χ0n) is 13.1. The molecule has 0 aliphatic rings. The lowest BCUT2D eigenvalue weighted by Crippen LogP contribution is -2.34. The van der Waals surface area contributed by atoms with Gasteiger partial charge in [0.1, 0.15) is 5.82 Å². The molecule has 0 saturated heterocycles. The molecule has 118 valence electrons. The zero-order chi connectivity index (χ0) is 15.8. The van der Waals surface area contributed by atoms with E-state index < -0.39 is 0 Å². The number of rotatable bonds is 8. The van der Waals surface area contributed by atoms with Gasteiger partial charge in [-0.3, -0.25) is 4.79 Å². The predicted molar refractivity (Wildman–Crippen MR) is 84.0 cm³/mol. The Morgan fingerprint density at radius 1 is 1.43 bits per heavy atom. The Morgan fingerprint density at radius 3 is 2.67 bits per heavy atom. The van der Waals surface area contributed by atoms with Gasteiger partial charge in [0.2, 0.25) is 0 Å². The van der Waals surface area contributed by atoms with E-state index in [-0.39, 0.29) is 18.4 Å². The Labute approximate surface area is 126 Å². The summed E-state index contributed by atoms with van der Waals surface area (Å²) in [6.07, 6.45) is 1.91. The number of anilines is 1. The van der Waals surface area contributed by atoms with E-state index in [2.05, 4.69) is 17.3 Å². The molecule has 1 rings (SSSR count). The summed E-state index contributed by atoms with van der Waals surface area (Å²) in [4.78, 5) is 18.6. The summed E-state index contributed by atoms with van der Waals surface area (Å²) in [5, 5.41) is 9.14. The molecular formula is C15H26N4O2. The highest BCUT2D eigenvalue weighted by molar-refractivity contribution is 5.95. The number of carbonyl (C=O) groups excluding carboxylic acids is 1. The molecule has 0 spiro atoms. The van der Waals surface area contributed by atoms with Crippen molar-refractivity contribution in [2.75, 3.05) is 25.1 Å². The molecule has 0 bridgehead atoms. The van der Waals surface area contributed by atoms with Crippen molar-refractivity contribution in [3.05, 3.63) is 23.4 Å². The number of nitrogens with one attached hydrogen (secondary N) is 1. The molecule has 1 aromatic rings. The minimum Gasteiger partial charge on any atom is -0.395 e. The first-order valence-corrected chi connectivity index (χ1v) is 7.42. The van der Waals surface area contributed by atoms with Gasteiger partial charge in [-0.05, 0) is 24.5 Å². The van der Waals surface area contributed by atoms with Gasteiger partial charge in [0.25, 0.3) is 5.91 Å². The highest BCUT2D eigenvalue weighted by Gasteiger charge is 2.17. The van der Waals surface area contributed by atoms with Crippen molar-refractivity contribution in [1.29, 1.82) is 0 Å². The van der Waals surface area contributed by atoms with Crippen molar-refractivity contribution < 1.29 is 9.90 Å². The number of nitrogen functional groups attached to an aromatic ring is 1. The summed E-state index contributed by atoms with van der Waals surface area (Å²) < 4.78 is 0. The van der Waals surface area contributed by atoms with Gasteiger partial charge >= 0.3 is 0 Å². The van der Waals surface area contributed by atoms with Crippen LogP contribution in [0.3, 0.4) is 0 Å². The number of carbonyl (C=O) groups is 1. The Balaban J connectivity index is 3.04. The lowest BCUT2D eigenvalue weighted by Gasteiger charge is -2.22. The number of hydrazine groups is 1. The van der Waals surface area contributed by atoms with Crippen LogP contribution in [0.5, 0.6) is 0 Å². The number of unbranched alkanes of at least 4 members (excludes halogenated alkanes) is 1. The fraction of sp³-hybridized carbons (Fsp3) is 0.600. The molecule has 0 aliphatic carbocycles. The van der Waals surface area contributed by atoms with Gasteiger partial charge in [-0.2, -0.15) is 0 Å². The molecule has 0 atom stereocenters. The van der Waals surface area contributed by atoms with E-state index in [4.69, 9.17) is 10.9 Å². The molecular weight excluding hydrogens is 268 g/mol. The third-order valence-corrected chi connectivity index (χ3v) is 3.27. The van der Waals surface area contributed by atoms with Gasteiger partial charge < -0.3 is 15.4 Å². The van der Waals surface area contributed by atoms with Crippen LogP contribution in [0.15, 0.2) is 12.1 Å². The quantitative estimate of drug-likeness (QED) is 0.501. The molecule has 1 amide bonds. The predicted octanol–water partition coefficient (Wildman–Crippen LogP) is 1.73. The molecule has 1 aromatic heterocycles. The van der Waals surface area contributed by atoms with Crippen molar-refractivity contribution in [2.45, 2.75) is 39.5 Å². The highest BCUT2D eigenvalue weighted by atomic mass is 16.3. The largest absolute Gasteiger partial charge is 0.395 e. The molecule has 6 nitrogen and oxygen atoms in total. The number of aliphatic hydroxyl groups excluding tert-OH is 1. The molecule has 1 heterocycles. The first kappa shape index (κ1) is 17.4. The first-order chi connectivity index (χ1) is 10.0. The van der Waals surface area contributed by atoms with Crippen molar-refractivity contribution >= 4 is 11.7 Å². The summed E-state index contributed by atoms with van der Waals surface area (Å²) in [6.45, 7) is 7.03. The van der Waals surface area contributed by atoms with E-state index in [1.165, 1.54) is 0 Å². The van der Waals surface area contributed by atoms with Crippen LogP contribution in [0.2, 0.25) is 0 Å². The topological polar surface area (TPSA) is 91.5 Å². The summed E-state index contributed by atoms with van der Waals surface area (Å²) in [5.74, 6) is 6.00. The van der Waals surface area contributed by atoms with E-state index in [0.717, 1.165) is 18.5 Å². The van der Waals surface area contributed by atoms with Crippen molar-refractivity contribution in [1.82, 2.24) is 9.88 Å². The Morgan fingerprint density at radius 2 is 2.14 bits per heavy atom. The van der Waals surface area contributed by atoms with Gasteiger partial charge in [-0.1, -0.05) is 27.2 Å². The van der Waals surface area contributed by atoms with E-state index in [9.17, 15) is 4.79 Å². The van der Waals surface area contributed by atoms with Crippen LogP contribution >= 0.6 is 0 Å². The number of amides is 1. The van der Waals surface area contributed by atoms with Crippen molar-refractivity contribution in [2.24, 2.45) is 5.84 Å². The normalized spacial score (nSPS) is 10.8. The molecule has 0 fully saturated rings. The zero-order valence-corrected chi connectivity index (χ0v) is 13.1. The number of nitrogens with zero attached hydrogens (tertiary/aromatic N) is 2. The summed E-state index contributed by atoms with van der Waals surface area (Å²) in [5.41, 5.74) is 3.86. The summed E-state index contributed by atoms with van der Waals surface area (Å²) in [7, 11) is 0. The maximum atomic E-state index is 12.6. The minimum atomic E-state index is -0.0988. The minimum absolute atomic E-state index is 0.0421. The van der Waals surface area contributed by atoms with Gasteiger partial charge in [-0.25, -0.2) is 10.8 Å². The summed E-state index contributed by atoms with van der Waals surface area (Å²) >= 11 is 0. The van der Waals surface area contributed by atoms with Gasteiger partial charge in [-0.15, -0.1) is 0 Å². The average molecular weight is 294 g/mol. The van der Waals surface area contributed by atoms with Crippen LogP contribution in [0, 0.1) is 0 Å². The van der Waals surface area contributed by atoms with Gasteiger partial charge in [0.15, 0.2) is 0 Å². The maximum absolute atomic E-state index is 12.6. The van der Waals surface area contributed by atoms with Crippen LogP contribution in [0.4, 0.5) is 5.82 Å². The lowest BCUT2D eigenvalue weighted by molar-refractivity contribution is 0.0719. The first-order valence-electron chi connectivity index (χ1n) is 7.42. The van der Waals surface area contributed by atoms with Crippen LogP contribution in [0.1, 0.15) is 55.6 Å². The van der Waals surface area contributed by atoms with E-state index >= 15 is 0 Å². The monoisotopic (exact) mass is 294 g/mol. The number of aromatic nitrogens is 1. The number of pyridine rings is 1. The van der Waals surface area contributed by atoms with Crippen molar-refractivity contribution in [3.63, 3.8) is 0 Å². The smallest absolute Gasteiger partial charge is 0.254 e. The van der Waals surface area contributed by atoms with Crippen LogP contribution in [-0.2, 0) is 0 Å². The summed E-state index contributed by atoms with van der Waals surface area (Å²) in [6, 6.07) is 3.44. The average Bonchev–Trinajstić information content (AvgIpc) is 2.50. The SMILES string of the molecule is CCCCN(CCO)C(=O)c1cc(NN)nc(C(C)C)c1. The second-order valence-corrected chi connectivity index (χ2v) is 5.33. The second-order valence-electron chi connectivity index (χ2n) is 5.33. The Kier molecular flexibility index (Phi) is 7.11. The maximum Gasteiger partial charge on any atom is 0.254 e. The van der Waals surface area contributed by atoms with Crippen LogP contribution in [0.25, 0.3) is 0 Å². The molecule has 6 heteroatoms. The Hall–Kier alpha value is -1.66. The molecule has 0 aliphatic heterocycles. The molecule has 0 unspecified atom stereocenters. The fourth-order valence-corrected chi connectivity index (χ4v) is 2.01. The highest BCUT2D eigenvalue weighted by Crippen LogP contribution is 2.18. The molecule has 0 aromatic carbocycles. The van der Waals surface area contributed by atoms with E-state index in [1.54, 1.807) is 17.0 Å². The van der Waals surface area contributed by atoms with Gasteiger partial charge in [0.05, 0.1) is 6.61 Å². The Bertz CT molecular complexity index is 463. The number of hydrogen-bond acceptors (Lipinski definition) is 5. The van der Waals surface area contributed by atoms with Gasteiger partial charge in [0, 0.05) is 24.3 Å². The molecule has 0 radical (unpaired) electrons. The fourth-order valence-electron chi connectivity index (χ4n) is 2.01. The number of aliphatic hydroxyl groups is 1. The van der Waals surface area contributed by atoms with E-state index in [1.807, 2.05) is 13.8 Å². The van der Waals surface area contributed by atoms with Crippen LogP contribution < -0.4 is 11.3 Å². The van der Waals surface area contributed by atoms with Crippen LogP contribution in [-0.4, -0.2) is 40.6 Å². The molecule has 21 heavy (non-hydrogen) atoms. The lowest BCUT2D eigenvalue weighted by atomic mass is 10.1. The number of hydrogen-bond donors (Lipinski definition) is 3. The molecule has 0 saturated carbocycles. The van der Waals surface area contributed by atoms with Crippen molar-refractivity contribution in [3.8, 4) is 0 Å². The second kappa shape index (κ2) is 8.59. The third-order valence-electron chi connectivity index (χ3n) is 3.27. The number of nitrogens with two attached hydrogens (primary N) is 1. The molecule has 4 N–H and O–H groups in total.